The van der Waals surface area contributed by atoms with Crippen LogP contribution in [0.3, 0.4) is 0 Å². The smallest absolute Gasteiger partial charge is 0.274 e. The number of hydrogen-bond acceptors (Lipinski definition) is 4. The van der Waals surface area contributed by atoms with E-state index in [9.17, 15) is 4.79 Å². The molecule has 1 N–H and O–H groups in total. The zero-order valence-corrected chi connectivity index (χ0v) is 14.4. The van der Waals surface area contributed by atoms with Gasteiger partial charge in [-0.2, -0.15) is 5.10 Å². The number of halogens is 1. The second-order valence-corrected chi connectivity index (χ2v) is 7.40. The van der Waals surface area contributed by atoms with E-state index in [1.165, 1.54) is 0 Å². The highest BCUT2D eigenvalue weighted by molar-refractivity contribution is 9.10. The molecule has 3 aromatic heterocycles. The SMILES string of the molecule is CN(Cc1cc(Br)cs1)C(=O)c1cc(-c2cccs2)[nH]n1. The van der Waals surface area contributed by atoms with Crippen LogP contribution in [-0.2, 0) is 6.54 Å². The molecule has 108 valence electrons. The third kappa shape index (κ3) is 3.25. The van der Waals surface area contributed by atoms with Gasteiger partial charge in [-0.3, -0.25) is 9.89 Å². The number of rotatable bonds is 4. The molecule has 0 bridgehead atoms. The van der Waals surface area contributed by atoms with Crippen molar-refractivity contribution in [3.8, 4) is 10.6 Å². The van der Waals surface area contributed by atoms with Crippen LogP contribution in [0.15, 0.2) is 39.5 Å². The van der Waals surface area contributed by atoms with E-state index in [1.807, 2.05) is 29.0 Å². The van der Waals surface area contributed by atoms with Crippen molar-refractivity contribution in [3.63, 3.8) is 0 Å². The Bertz CT molecular complexity index is 748. The summed E-state index contributed by atoms with van der Waals surface area (Å²) in [4.78, 5) is 16.3. The second kappa shape index (κ2) is 6.13. The monoisotopic (exact) mass is 381 g/mol. The zero-order chi connectivity index (χ0) is 14.8. The van der Waals surface area contributed by atoms with Gasteiger partial charge in [0, 0.05) is 21.8 Å². The average molecular weight is 382 g/mol. The van der Waals surface area contributed by atoms with E-state index in [-0.39, 0.29) is 5.91 Å². The Morgan fingerprint density at radius 3 is 2.95 bits per heavy atom. The Hall–Kier alpha value is -1.44. The molecule has 7 heteroatoms. The van der Waals surface area contributed by atoms with E-state index in [0.717, 1.165) is 19.9 Å². The molecule has 1 amide bonds. The van der Waals surface area contributed by atoms with Crippen LogP contribution in [0.4, 0.5) is 0 Å². The fraction of sp³-hybridized carbons (Fsp3) is 0.143. The molecule has 0 aliphatic carbocycles. The topological polar surface area (TPSA) is 49.0 Å². The molecule has 0 atom stereocenters. The van der Waals surface area contributed by atoms with Crippen LogP contribution >= 0.6 is 38.6 Å². The Morgan fingerprint density at radius 2 is 2.29 bits per heavy atom. The highest BCUT2D eigenvalue weighted by Crippen LogP contribution is 2.24. The largest absolute Gasteiger partial charge is 0.335 e. The summed E-state index contributed by atoms with van der Waals surface area (Å²) in [5, 5.41) is 11.1. The fourth-order valence-corrected chi connectivity index (χ4v) is 4.12. The average Bonchev–Trinajstić information content (AvgIpc) is 3.18. The highest BCUT2D eigenvalue weighted by Gasteiger charge is 2.17. The van der Waals surface area contributed by atoms with Crippen molar-refractivity contribution >= 4 is 44.5 Å². The number of thiophene rings is 2. The van der Waals surface area contributed by atoms with Crippen LogP contribution in [0.5, 0.6) is 0 Å². The van der Waals surface area contributed by atoms with Gasteiger partial charge < -0.3 is 4.90 Å². The Balaban J connectivity index is 1.72. The molecular formula is C14H12BrN3OS2. The molecule has 0 fully saturated rings. The maximum absolute atomic E-state index is 12.4. The van der Waals surface area contributed by atoms with Gasteiger partial charge in [0.2, 0.25) is 0 Å². The summed E-state index contributed by atoms with van der Waals surface area (Å²) in [6.07, 6.45) is 0. The summed E-state index contributed by atoms with van der Waals surface area (Å²) in [7, 11) is 1.79. The minimum absolute atomic E-state index is 0.0846. The molecule has 0 saturated heterocycles. The molecule has 0 aliphatic heterocycles. The van der Waals surface area contributed by atoms with Gasteiger partial charge >= 0.3 is 0 Å². The van der Waals surface area contributed by atoms with Crippen LogP contribution < -0.4 is 0 Å². The van der Waals surface area contributed by atoms with Crippen LogP contribution in [-0.4, -0.2) is 28.1 Å². The van der Waals surface area contributed by atoms with Crippen LogP contribution in [0.2, 0.25) is 0 Å². The van der Waals surface area contributed by atoms with Crippen molar-refractivity contribution in [2.45, 2.75) is 6.54 Å². The third-order valence-electron chi connectivity index (χ3n) is 2.95. The number of hydrogen-bond donors (Lipinski definition) is 1. The molecule has 0 unspecified atom stereocenters. The zero-order valence-electron chi connectivity index (χ0n) is 11.2. The van der Waals surface area contributed by atoms with E-state index >= 15 is 0 Å². The summed E-state index contributed by atoms with van der Waals surface area (Å²) < 4.78 is 1.04. The van der Waals surface area contributed by atoms with Gasteiger partial charge in [0.1, 0.15) is 0 Å². The second-order valence-electron chi connectivity index (χ2n) is 4.54. The standard InChI is InChI=1S/C14H12BrN3OS2/c1-18(7-10-5-9(15)8-21-10)14(19)12-6-11(16-17-12)13-3-2-4-20-13/h2-6,8H,7H2,1H3,(H,16,17). The summed E-state index contributed by atoms with van der Waals surface area (Å²) in [6, 6.07) is 7.80. The van der Waals surface area contributed by atoms with Crippen LogP contribution in [0, 0.1) is 0 Å². The van der Waals surface area contributed by atoms with Gasteiger partial charge in [0.15, 0.2) is 5.69 Å². The first-order valence-electron chi connectivity index (χ1n) is 6.21. The third-order valence-corrected chi connectivity index (χ3v) is 5.53. The molecule has 3 aromatic rings. The molecule has 4 nitrogen and oxygen atoms in total. The first kappa shape index (κ1) is 14.5. The minimum atomic E-state index is -0.0846. The lowest BCUT2D eigenvalue weighted by atomic mass is 10.3. The van der Waals surface area contributed by atoms with Gasteiger partial charge in [0.25, 0.3) is 5.91 Å². The number of H-pyrrole nitrogens is 1. The lowest BCUT2D eigenvalue weighted by molar-refractivity contribution is 0.0780. The number of carbonyl (C=O) groups excluding carboxylic acids is 1. The Morgan fingerprint density at radius 1 is 1.43 bits per heavy atom. The summed E-state index contributed by atoms with van der Waals surface area (Å²) in [5.41, 5.74) is 1.32. The van der Waals surface area contributed by atoms with Gasteiger partial charge in [-0.05, 0) is 39.5 Å². The predicted octanol–water partition coefficient (Wildman–Crippen LogP) is 4.23. The summed E-state index contributed by atoms with van der Waals surface area (Å²) in [5.74, 6) is -0.0846. The van der Waals surface area contributed by atoms with E-state index in [0.29, 0.717) is 12.2 Å². The van der Waals surface area contributed by atoms with Crippen molar-refractivity contribution in [2.75, 3.05) is 7.05 Å². The van der Waals surface area contributed by atoms with E-state index in [2.05, 4.69) is 26.1 Å². The highest BCUT2D eigenvalue weighted by atomic mass is 79.9. The normalized spacial score (nSPS) is 10.8. The van der Waals surface area contributed by atoms with Crippen molar-refractivity contribution in [3.05, 3.63) is 50.1 Å². The summed E-state index contributed by atoms with van der Waals surface area (Å²) in [6.45, 7) is 0.580. The van der Waals surface area contributed by atoms with Crippen molar-refractivity contribution in [1.82, 2.24) is 15.1 Å². The molecular weight excluding hydrogens is 370 g/mol. The Labute approximate surface area is 138 Å². The quantitative estimate of drug-likeness (QED) is 0.734. The summed E-state index contributed by atoms with van der Waals surface area (Å²) >= 11 is 6.66. The number of aromatic amines is 1. The lowest BCUT2D eigenvalue weighted by Crippen LogP contribution is -2.26. The molecule has 0 spiro atoms. The van der Waals surface area contributed by atoms with Crippen molar-refractivity contribution in [1.29, 1.82) is 0 Å². The van der Waals surface area contributed by atoms with E-state index in [1.54, 1.807) is 40.7 Å². The van der Waals surface area contributed by atoms with E-state index in [4.69, 9.17) is 0 Å². The van der Waals surface area contributed by atoms with Gasteiger partial charge in [0.05, 0.1) is 17.1 Å². The van der Waals surface area contributed by atoms with Crippen molar-refractivity contribution in [2.24, 2.45) is 0 Å². The minimum Gasteiger partial charge on any atom is -0.335 e. The number of aromatic nitrogens is 2. The molecule has 0 aliphatic rings. The number of amides is 1. The molecule has 0 saturated carbocycles. The van der Waals surface area contributed by atoms with Gasteiger partial charge in [-0.25, -0.2) is 0 Å². The first-order valence-corrected chi connectivity index (χ1v) is 8.76. The van der Waals surface area contributed by atoms with Crippen LogP contribution in [0.1, 0.15) is 15.4 Å². The number of nitrogens with one attached hydrogen (secondary N) is 1. The predicted molar refractivity (Wildman–Crippen MR) is 89.7 cm³/mol. The maximum atomic E-state index is 12.4. The Kier molecular flexibility index (Phi) is 4.23. The molecule has 0 radical (unpaired) electrons. The number of nitrogens with zero attached hydrogens (tertiary/aromatic N) is 2. The van der Waals surface area contributed by atoms with Crippen LogP contribution in [0.25, 0.3) is 10.6 Å². The molecule has 3 heterocycles. The fourth-order valence-electron chi connectivity index (χ4n) is 1.93. The maximum Gasteiger partial charge on any atom is 0.274 e. The first-order chi connectivity index (χ1) is 10.1. The molecule has 21 heavy (non-hydrogen) atoms. The van der Waals surface area contributed by atoms with E-state index < -0.39 is 0 Å². The lowest BCUT2D eigenvalue weighted by Gasteiger charge is -2.14. The van der Waals surface area contributed by atoms with Crippen molar-refractivity contribution < 1.29 is 4.79 Å². The molecule has 0 aromatic carbocycles. The van der Waals surface area contributed by atoms with Gasteiger partial charge in [-0.15, -0.1) is 22.7 Å². The number of carbonyl (C=O) groups is 1. The molecule has 3 rings (SSSR count). The van der Waals surface area contributed by atoms with Gasteiger partial charge in [-0.1, -0.05) is 6.07 Å².